The van der Waals surface area contributed by atoms with E-state index < -0.39 is 5.60 Å². The van der Waals surface area contributed by atoms with Crippen LogP contribution in [0.3, 0.4) is 0 Å². The summed E-state index contributed by atoms with van der Waals surface area (Å²) in [4.78, 5) is 23.8. The van der Waals surface area contributed by atoms with E-state index in [2.05, 4.69) is 10.6 Å². The van der Waals surface area contributed by atoms with Crippen molar-refractivity contribution in [3.8, 4) is 0 Å². The van der Waals surface area contributed by atoms with Crippen LogP contribution in [-0.2, 0) is 16.0 Å². The normalized spacial score (nSPS) is 17.3. The van der Waals surface area contributed by atoms with Crippen LogP contribution in [0, 0.1) is 12.8 Å². The summed E-state index contributed by atoms with van der Waals surface area (Å²) in [6.45, 7) is 4.01. The highest BCUT2D eigenvalue weighted by molar-refractivity contribution is 5.84. The van der Waals surface area contributed by atoms with E-state index in [4.69, 9.17) is 0 Å². The van der Waals surface area contributed by atoms with Gasteiger partial charge in [-0.2, -0.15) is 0 Å². The molecule has 2 amide bonds. The average molecular weight is 360 g/mol. The smallest absolute Gasteiger partial charge is 0.239 e. The lowest BCUT2D eigenvalue weighted by Crippen LogP contribution is -2.48. The van der Waals surface area contributed by atoms with Gasteiger partial charge in [-0.05, 0) is 44.6 Å². The van der Waals surface area contributed by atoms with Crippen LogP contribution >= 0.6 is 0 Å². The zero-order valence-electron chi connectivity index (χ0n) is 16.0. The van der Waals surface area contributed by atoms with Crippen molar-refractivity contribution >= 4 is 11.8 Å². The van der Waals surface area contributed by atoms with Gasteiger partial charge in [-0.15, -0.1) is 0 Å². The molecule has 0 aliphatic heterocycles. The van der Waals surface area contributed by atoms with Gasteiger partial charge in [-0.25, -0.2) is 0 Å². The second-order valence-electron chi connectivity index (χ2n) is 7.73. The number of amides is 2. The summed E-state index contributed by atoms with van der Waals surface area (Å²) in [6.07, 6.45) is 6.56. The first-order valence-corrected chi connectivity index (χ1v) is 9.68. The molecule has 0 radical (unpaired) electrons. The molecule has 1 aromatic carbocycles. The van der Waals surface area contributed by atoms with Gasteiger partial charge >= 0.3 is 0 Å². The molecule has 1 saturated carbocycles. The molecule has 1 unspecified atom stereocenters. The minimum absolute atomic E-state index is 0.0481. The molecule has 1 aliphatic rings. The van der Waals surface area contributed by atoms with Gasteiger partial charge in [0, 0.05) is 13.0 Å². The summed E-state index contributed by atoms with van der Waals surface area (Å²) >= 11 is 0. The maximum absolute atomic E-state index is 12.0. The Balaban J connectivity index is 1.64. The number of aryl methyl sites for hydroxylation is 2. The van der Waals surface area contributed by atoms with Crippen LogP contribution in [0.15, 0.2) is 24.3 Å². The predicted octanol–water partition coefficient (Wildman–Crippen LogP) is 2.49. The van der Waals surface area contributed by atoms with Crippen molar-refractivity contribution in [1.82, 2.24) is 10.6 Å². The Morgan fingerprint density at radius 3 is 2.38 bits per heavy atom. The third kappa shape index (κ3) is 6.79. The maximum Gasteiger partial charge on any atom is 0.239 e. The fourth-order valence-electron chi connectivity index (χ4n) is 3.49. The molecule has 0 saturated heterocycles. The van der Waals surface area contributed by atoms with E-state index in [1.165, 1.54) is 12.0 Å². The first-order valence-electron chi connectivity index (χ1n) is 9.68. The van der Waals surface area contributed by atoms with Crippen LogP contribution in [-0.4, -0.2) is 35.6 Å². The van der Waals surface area contributed by atoms with Crippen LogP contribution in [0.5, 0.6) is 0 Å². The number of carbonyl (C=O) groups excluding carboxylic acids is 2. The average Bonchev–Trinajstić information content (AvgIpc) is 2.65. The zero-order chi connectivity index (χ0) is 19.0. The lowest BCUT2D eigenvalue weighted by Gasteiger charge is -2.35. The molecular weight excluding hydrogens is 328 g/mol. The van der Waals surface area contributed by atoms with Crippen LogP contribution in [0.1, 0.15) is 56.6 Å². The monoisotopic (exact) mass is 360 g/mol. The van der Waals surface area contributed by atoms with Gasteiger partial charge < -0.3 is 15.7 Å². The Labute approximate surface area is 156 Å². The van der Waals surface area contributed by atoms with Crippen LogP contribution in [0.4, 0.5) is 0 Å². The van der Waals surface area contributed by atoms with Gasteiger partial charge in [0.2, 0.25) is 11.8 Å². The van der Waals surface area contributed by atoms with Crippen LogP contribution < -0.4 is 10.6 Å². The summed E-state index contributed by atoms with van der Waals surface area (Å²) in [7, 11) is 0. The minimum atomic E-state index is -0.883. The molecule has 5 nitrogen and oxygen atoms in total. The van der Waals surface area contributed by atoms with Crippen molar-refractivity contribution < 1.29 is 14.7 Å². The van der Waals surface area contributed by atoms with Gasteiger partial charge in [-0.1, -0.05) is 49.1 Å². The first-order chi connectivity index (χ1) is 12.4. The molecule has 144 valence electrons. The van der Waals surface area contributed by atoms with Crippen molar-refractivity contribution in [3.05, 3.63) is 35.4 Å². The molecule has 2 rings (SSSR count). The molecule has 3 N–H and O–H groups in total. The molecule has 1 fully saturated rings. The molecule has 5 heteroatoms. The highest BCUT2D eigenvalue weighted by atomic mass is 16.3. The molecular formula is C21H32N2O3. The minimum Gasteiger partial charge on any atom is -0.388 e. The molecule has 0 aromatic heterocycles. The lowest BCUT2D eigenvalue weighted by molar-refractivity contribution is -0.127. The Morgan fingerprint density at radius 1 is 1.08 bits per heavy atom. The Hall–Kier alpha value is -1.88. The highest BCUT2D eigenvalue weighted by Gasteiger charge is 2.32. The summed E-state index contributed by atoms with van der Waals surface area (Å²) in [5.74, 6) is -0.162. The summed E-state index contributed by atoms with van der Waals surface area (Å²) in [6, 6.07) is 8.09. The van der Waals surface area contributed by atoms with Crippen LogP contribution in [0.2, 0.25) is 0 Å². The topological polar surface area (TPSA) is 78.4 Å². The maximum atomic E-state index is 12.0. The van der Waals surface area contributed by atoms with Crippen molar-refractivity contribution in [2.45, 2.75) is 64.4 Å². The van der Waals surface area contributed by atoms with Gasteiger partial charge in [0.25, 0.3) is 0 Å². The number of benzene rings is 1. The van der Waals surface area contributed by atoms with E-state index in [0.29, 0.717) is 12.8 Å². The predicted molar refractivity (Wildman–Crippen MR) is 103 cm³/mol. The summed E-state index contributed by atoms with van der Waals surface area (Å²) < 4.78 is 0. The zero-order valence-corrected chi connectivity index (χ0v) is 16.0. The third-order valence-corrected chi connectivity index (χ3v) is 5.34. The second-order valence-corrected chi connectivity index (χ2v) is 7.73. The van der Waals surface area contributed by atoms with E-state index in [1.807, 2.05) is 31.2 Å². The van der Waals surface area contributed by atoms with E-state index in [0.717, 1.165) is 31.2 Å². The van der Waals surface area contributed by atoms with Crippen molar-refractivity contribution in [2.24, 2.45) is 5.92 Å². The molecule has 0 heterocycles. The number of hydrogen-bond donors (Lipinski definition) is 3. The molecule has 1 aromatic rings. The third-order valence-electron chi connectivity index (χ3n) is 5.34. The second kappa shape index (κ2) is 9.72. The fourth-order valence-corrected chi connectivity index (χ4v) is 3.49. The first kappa shape index (κ1) is 20.4. The fraction of sp³-hybridized carbons (Fsp3) is 0.619. The molecule has 1 atom stereocenters. The van der Waals surface area contributed by atoms with E-state index in [9.17, 15) is 14.7 Å². The Kier molecular flexibility index (Phi) is 7.64. The quantitative estimate of drug-likeness (QED) is 0.666. The van der Waals surface area contributed by atoms with Crippen molar-refractivity contribution in [1.29, 1.82) is 0 Å². The lowest BCUT2D eigenvalue weighted by atomic mass is 9.78. The van der Waals surface area contributed by atoms with Crippen LogP contribution in [0.25, 0.3) is 0 Å². The molecule has 1 aliphatic carbocycles. The number of carbonyl (C=O) groups is 2. The van der Waals surface area contributed by atoms with E-state index >= 15 is 0 Å². The number of hydrogen-bond acceptors (Lipinski definition) is 3. The SMILES string of the molecule is Cc1ccc(CCC(=O)NCC(=O)NCC(C)(O)C2CCCCC2)cc1. The van der Waals surface area contributed by atoms with Gasteiger partial charge in [-0.3, -0.25) is 9.59 Å². The largest absolute Gasteiger partial charge is 0.388 e. The van der Waals surface area contributed by atoms with Gasteiger partial charge in [0.05, 0.1) is 12.1 Å². The molecule has 0 spiro atoms. The number of rotatable bonds is 8. The number of aliphatic hydroxyl groups is 1. The summed E-state index contributed by atoms with van der Waals surface area (Å²) in [5.41, 5.74) is 1.42. The van der Waals surface area contributed by atoms with Gasteiger partial charge in [0.1, 0.15) is 0 Å². The Bertz CT molecular complexity index is 590. The van der Waals surface area contributed by atoms with E-state index in [-0.39, 0.29) is 30.8 Å². The standard InChI is InChI=1S/C21H32N2O3/c1-16-8-10-17(11-9-16)12-13-19(24)22-14-20(25)23-15-21(2,26)18-6-4-3-5-7-18/h8-11,18,26H,3-7,12-15H2,1-2H3,(H,22,24)(H,23,25). The van der Waals surface area contributed by atoms with E-state index in [1.54, 1.807) is 6.92 Å². The highest BCUT2D eigenvalue weighted by Crippen LogP contribution is 2.32. The summed E-state index contributed by atoms with van der Waals surface area (Å²) in [5, 5.41) is 16.0. The Morgan fingerprint density at radius 2 is 1.73 bits per heavy atom. The number of nitrogens with one attached hydrogen (secondary N) is 2. The molecule has 26 heavy (non-hydrogen) atoms. The van der Waals surface area contributed by atoms with Crippen molar-refractivity contribution in [3.63, 3.8) is 0 Å². The van der Waals surface area contributed by atoms with Crippen molar-refractivity contribution in [2.75, 3.05) is 13.1 Å². The van der Waals surface area contributed by atoms with Gasteiger partial charge in [0.15, 0.2) is 0 Å². The molecule has 0 bridgehead atoms.